The average molecular weight is 420 g/mol. The first-order valence-electron chi connectivity index (χ1n) is 9.18. The Hall–Kier alpha value is -0.00247. The van der Waals surface area contributed by atoms with Gasteiger partial charge < -0.3 is 13.0 Å². The fourth-order valence-corrected chi connectivity index (χ4v) is 18.9. The Bertz CT molecular complexity index is 444. The minimum atomic E-state index is -1.73. The first-order valence-corrected chi connectivity index (χ1v) is 20.9. The Labute approximate surface area is 160 Å². The molecule has 0 saturated carbocycles. The number of rotatable bonds is 12. The minimum Gasteiger partial charge on any atom is -0.462 e. The zero-order valence-corrected chi connectivity index (χ0v) is 21.9. The van der Waals surface area contributed by atoms with Crippen molar-refractivity contribution in [2.45, 2.75) is 83.9 Å². The predicted octanol–water partition coefficient (Wildman–Crippen LogP) is 5.40. The summed E-state index contributed by atoms with van der Waals surface area (Å²) in [6.07, 6.45) is 0.865. The van der Waals surface area contributed by atoms with Crippen LogP contribution in [0.15, 0.2) is 12.2 Å². The van der Waals surface area contributed by atoms with E-state index in [2.05, 4.69) is 59.0 Å². The van der Waals surface area contributed by atoms with Crippen LogP contribution in [0, 0.1) is 0 Å². The Morgan fingerprint density at radius 3 is 2.00 bits per heavy atom. The van der Waals surface area contributed by atoms with Crippen molar-refractivity contribution >= 4 is 40.0 Å². The summed E-state index contributed by atoms with van der Waals surface area (Å²) >= 11 is 0. The monoisotopic (exact) mass is 419 g/mol. The summed E-state index contributed by atoms with van der Waals surface area (Å²) in [5.41, 5.74) is 0.457. The highest BCUT2D eigenvalue weighted by atomic mass is 28.4. The lowest BCUT2D eigenvalue weighted by Crippen LogP contribution is -2.45. The van der Waals surface area contributed by atoms with Crippen LogP contribution < -0.4 is 0 Å². The molecule has 0 aromatic rings. The quantitative estimate of drug-likeness (QED) is 0.184. The summed E-state index contributed by atoms with van der Waals surface area (Å²) in [5, 5.41) is 0. The Balaban J connectivity index is 4.27. The number of hydrogen-bond acceptors (Lipinski definition) is 4. The Morgan fingerprint density at radius 1 is 1.00 bits per heavy atom. The maximum absolute atomic E-state index is 11.4. The number of hydrogen-bond donors (Lipinski definition) is 0. The second kappa shape index (κ2) is 10.4. The summed E-state index contributed by atoms with van der Waals surface area (Å²) in [6, 6.07) is 3.36. The molecule has 0 atom stereocenters. The van der Waals surface area contributed by atoms with E-state index in [1.165, 1.54) is 12.1 Å². The van der Waals surface area contributed by atoms with Crippen molar-refractivity contribution in [3.05, 3.63) is 12.2 Å². The number of esters is 1. The molecule has 0 fully saturated rings. The van der Waals surface area contributed by atoms with Gasteiger partial charge in [-0.1, -0.05) is 6.58 Å². The molecule has 4 nitrogen and oxygen atoms in total. The van der Waals surface area contributed by atoms with Gasteiger partial charge >= 0.3 is 5.97 Å². The van der Waals surface area contributed by atoms with E-state index >= 15 is 0 Å². The summed E-state index contributed by atoms with van der Waals surface area (Å²) in [5.74, 6) is -0.296. The molecule has 8 heteroatoms. The first-order chi connectivity index (χ1) is 11.1. The Morgan fingerprint density at radius 2 is 1.52 bits per heavy atom. The standard InChI is InChI=1S/C17H39O4Si4/c1-16(2)17(18)19-12-11-14-24(7,8)21-25(9,10)15-13-22(3)20-23(4,5)6/h1,11-15H2,2-10H3. The van der Waals surface area contributed by atoms with Crippen LogP contribution in [0.5, 0.6) is 0 Å². The van der Waals surface area contributed by atoms with Gasteiger partial charge in [-0.3, -0.25) is 0 Å². The van der Waals surface area contributed by atoms with Crippen LogP contribution in [0.1, 0.15) is 13.3 Å². The van der Waals surface area contributed by atoms with Crippen molar-refractivity contribution in [1.29, 1.82) is 0 Å². The number of carbonyl (C=O) groups is 1. The van der Waals surface area contributed by atoms with Crippen molar-refractivity contribution in [2.75, 3.05) is 6.61 Å². The van der Waals surface area contributed by atoms with Gasteiger partial charge in [0.2, 0.25) is 0 Å². The summed E-state index contributed by atoms with van der Waals surface area (Å²) in [4.78, 5) is 11.4. The van der Waals surface area contributed by atoms with E-state index in [4.69, 9.17) is 13.0 Å². The van der Waals surface area contributed by atoms with E-state index in [0.29, 0.717) is 12.2 Å². The smallest absolute Gasteiger partial charge is 0.333 e. The lowest BCUT2D eigenvalue weighted by Gasteiger charge is -2.35. The van der Waals surface area contributed by atoms with Crippen molar-refractivity contribution in [3.63, 3.8) is 0 Å². The maximum Gasteiger partial charge on any atom is 0.333 e. The highest BCUT2D eigenvalue weighted by molar-refractivity contribution is 6.85. The van der Waals surface area contributed by atoms with Gasteiger partial charge in [0.1, 0.15) is 0 Å². The second-order valence-corrected chi connectivity index (χ2v) is 24.9. The molecule has 0 aliphatic carbocycles. The molecule has 0 aliphatic rings. The third-order valence-electron chi connectivity index (χ3n) is 3.62. The fraction of sp³-hybridized carbons (Fsp3) is 0.824. The van der Waals surface area contributed by atoms with Crippen LogP contribution in [0.3, 0.4) is 0 Å². The van der Waals surface area contributed by atoms with E-state index in [1.54, 1.807) is 6.92 Å². The molecule has 147 valence electrons. The zero-order valence-electron chi connectivity index (χ0n) is 17.9. The molecule has 1 radical (unpaired) electrons. The lowest BCUT2D eigenvalue weighted by atomic mass is 10.4. The molecule has 0 saturated heterocycles. The normalized spacial score (nSPS) is 13.2. The van der Waals surface area contributed by atoms with E-state index in [-0.39, 0.29) is 5.97 Å². The highest BCUT2D eigenvalue weighted by Crippen LogP contribution is 2.25. The van der Waals surface area contributed by atoms with Crippen LogP contribution in [0.2, 0.25) is 70.5 Å². The van der Waals surface area contributed by atoms with Crippen LogP contribution in [0.4, 0.5) is 0 Å². The molecule has 25 heavy (non-hydrogen) atoms. The molecule has 0 aliphatic heterocycles. The van der Waals surface area contributed by atoms with Crippen molar-refractivity contribution in [3.8, 4) is 0 Å². The summed E-state index contributed by atoms with van der Waals surface area (Å²) < 4.78 is 18.1. The molecule has 0 unspecified atom stereocenters. The maximum atomic E-state index is 11.4. The van der Waals surface area contributed by atoms with E-state index in [1.807, 2.05) is 0 Å². The van der Waals surface area contributed by atoms with Crippen LogP contribution >= 0.6 is 0 Å². The van der Waals surface area contributed by atoms with Crippen LogP contribution in [-0.4, -0.2) is 46.6 Å². The van der Waals surface area contributed by atoms with Gasteiger partial charge in [-0.15, -0.1) is 0 Å². The third kappa shape index (κ3) is 13.8. The Kier molecular flexibility index (Phi) is 10.4. The van der Waals surface area contributed by atoms with Gasteiger partial charge in [0, 0.05) is 5.57 Å². The third-order valence-corrected chi connectivity index (χ3v) is 16.3. The SMILES string of the molecule is C=C(C)C(=O)OCCC[Si](C)(C)O[Si](C)(C)CC[Si](C)O[Si](C)(C)C. The number of ether oxygens (including phenoxy) is 1. The van der Waals surface area contributed by atoms with Crippen molar-refractivity contribution < 1.29 is 17.8 Å². The zero-order chi connectivity index (χ0) is 19.9. The average Bonchev–Trinajstić information content (AvgIpc) is 2.38. The van der Waals surface area contributed by atoms with Crippen LogP contribution in [0.25, 0.3) is 0 Å². The molecular weight excluding hydrogens is 381 g/mol. The van der Waals surface area contributed by atoms with Crippen molar-refractivity contribution in [2.24, 2.45) is 0 Å². The molecule has 0 aromatic heterocycles. The van der Waals surface area contributed by atoms with E-state index in [0.717, 1.165) is 12.5 Å². The van der Waals surface area contributed by atoms with Gasteiger partial charge in [-0.05, 0) is 83.9 Å². The summed E-state index contributed by atoms with van der Waals surface area (Å²) in [7, 11) is -5.53. The molecule has 0 aromatic carbocycles. The topological polar surface area (TPSA) is 44.8 Å². The molecule has 0 spiro atoms. The van der Waals surface area contributed by atoms with Crippen LogP contribution in [-0.2, 0) is 17.8 Å². The second-order valence-electron chi connectivity index (χ2n) is 9.06. The molecule has 0 amide bonds. The fourth-order valence-electron chi connectivity index (χ4n) is 2.69. The molecular formula is C17H39O4Si4. The summed E-state index contributed by atoms with van der Waals surface area (Å²) in [6.45, 7) is 24.0. The van der Waals surface area contributed by atoms with E-state index < -0.39 is 34.0 Å². The minimum absolute atomic E-state index is 0.296. The molecule has 0 heterocycles. The molecule has 0 N–H and O–H groups in total. The largest absolute Gasteiger partial charge is 0.462 e. The van der Waals surface area contributed by atoms with Gasteiger partial charge in [0.15, 0.2) is 34.0 Å². The lowest BCUT2D eigenvalue weighted by molar-refractivity contribution is -0.138. The first kappa shape index (κ1) is 25.0. The molecule has 0 rings (SSSR count). The van der Waals surface area contributed by atoms with E-state index in [9.17, 15) is 4.79 Å². The van der Waals surface area contributed by atoms with Gasteiger partial charge in [0.25, 0.3) is 0 Å². The van der Waals surface area contributed by atoms with Gasteiger partial charge in [-0.2, -0.15) is 0 Å². The highest BCUT2D eigenvalue weighted by Gasteiger charge is 2.33. The number of carbonyl (C=O) groups excluding carboxylic acids is 1. The van der Waals surface area contributed by atoms with Gasteiger partial charge in [-0.25, -0.2) is 4.79 Å². The van der Waals surface area contributed by atoms with Crippen molar-refractivity contribution in [1.82, 2.24) is 0 Å². The predicted molar refractivity (Wildman–Crippen MR) is 117 cm³/mol. The molecule has 0 bridgehead atoms. The van der Waals surface area contributed by atoms with Gasteiger partial charge in [0.05, 0.1) is 6.61 Å².